The number of halogens is 3. The van der Waals surface area contributed by atoms with Crippen molar-refractivity contribution in [2.24, 2.45) is 5.10 Å². The summed E-state index contributed by atoms with van der Waals surface area (Å²) < 4.78 is 5.61. The lowest BCUT2D eigenvalue weighted by Gasteiger charge is -2.07. The number of phenolic OH excluding ortho intramolecular Hbond substituents is 1. The van der Waals surface area contributed by atoms with E-state index in [0.717, 1.165) is 0 Å². The van der Waals surface area contributed by atoms with Gasteiger partial charge in [0.25, 0.3) is 0 Å². The monoisotopic (exact) mass is 521 g/mol. The molecule has 0 atom stereocenters. The Balaban J connectivity index is 1.92. The Morgan fingerprint density at radius 2 is 2.04 bits per heavy atom. The van der Waals surface area contributed by atoms with Crippen LogP contribution in [0.1, 0.15) is 12.0 Å². The SMILES string of the molecule is COc1cc(/C=N/NC(=O)CC(=O)Nc2cccc(Cl)c2Cl)cc(I)c1O. The van der Waals surface area contributed by atoms with E-state index in [0.29, 0.717) is 19.8 Å². The summed E-state index contributed by atoms with van der Waals surface area (Å²) >= 11 is 13.8. The number of nitrogens with zero attached hydrogens (tertiary/aromatic N) is 1. The number of amides is 2. The third-order valence-corrected chi connectivity index (χ3v) is 4.86. The number of anilines is 1. The maximum absolute atomic E-state index is 11.9. The number of carbonyl (C=O) groups is 2. The minimum Gasteiger partial charge on any atom is -0.504 e. The van der Waals surface area contributed by atoms with E-state index in [1.807, 2.05) is 22.6 Å². The molecule has 27 heavy (non-hydrogen) atoms. The zero-order valence-electron chi connectivity index (χ0n) is 13.9. The molecule has 7 nitrogen and oxygen atoms in total. The lowest BCUT2D eigenvalue weighted by molar-refractivity contribution is -0.126. The van der Waals surface area contributed by atoms with Gasteiger partial charge in [0, 0.05) is 0 Å². The standard InChI is InChI=1S/C17H14Cl2IN3O4/c1-27-13-6-9(5-11(20)17(13)26)8-21-23-15(25)7-14(24)22-12-4-2-3-10(18)16(12)19/h2-6,8,26H,7H2,1H3,(H,22,24)(H,23,25)/b21-8+. The molecule has 0 spiro atoms. The molecule has 2 amide bonds. The molecule has 0 bridgehead atoms. The molecule has 142 valence electrons. The second-order valence-electron chi connectivity index (χ2n) is 5.17. The highest BCUT2D eigenvalue weighted by molar-refractivity contribution is 14.1. The number of hydrogen-bond acceptors (Lipinski definition) is 5. The Morgan fingerprint density at radius 1 is 1.30 bits per heavy atom. The lowest BCUT2D eigenvalue weighted by atomic mass is 10.2. The van der Waals surface area contributed by atoms with Gasteiger partial charge in [-0.2, -0.15) is 5.10 Å². The van der Waals surface area contributed by atoms with Gasteiger partial charge in [-0.25, -0.2) is 5.43 Å². The number of phenols is 1. The molecule has 2 aromatic carbocycles. The fourth-order valence-electron chi connectivity index (χ4n) is 1.98. The fraction of sp³-hybridized carbons (Fsp3) is 0.118. The quantitative estimate of drug-likeness (QED) is 0.233. The Hall–Kier alpha value is -2.04. The van der Waals surface area contributed by atoms with Crippen molar-refractivity contribution in [3.8, 4) is 11.5 Å². The fourth-order valence-corrected chi connectivity index (χ4v) is 2.96. The predicted molar refractivity (Wildman–Crippen MR) is 113 cm³/mol. The van der Waals surface area contributed by atoms with Crippen molar-refractivity contribution >= 4 is 69.5 Å². The van der Waals surface area contributed by atoms with E-state index < -0.39 is 18.2 Å². The number of aromatic hydroxyl groups is 1. The molecule has 10 heteroatoms. The normalized spacial score (nSPS) is 10.7. The first-order valence-corrected chi connectivity index (χ1v) is 9.27. The molecule has 0 aliphatic carbocycles. The summed E-state index contributed by atoms with van der Waals surface area (Å²) in [4.78, 5) is 23.7. The number of nitrogens with one attached hydrogen (secondary N) is 2. The molecule has 2 rings (SSSR count). The van der Waals surface area contributed by atoms with Crippen molar-refractivity contribution < 1.29 is 19.4 Å². The van der Waals surface area contributed by atoms with Gasteiger partial charge in [0.05, 0.1) is 32.6 Å². The number of ether oxygens (including phenoxy) is 1. The molecule has 0 unspecified atom stereocenters. The van der Waals surface area contributed by atoms with E-state index >= 15 is 0 Å². The Labute approximate surface area is 178 Å². The van der Waals surface area contributed by atoms with E-state index in [1.165, 1.54) is 13.3 Å². The average Bonchev–Trinajstić information content (AvgIpc) is 2.61. The van der Waals surface area contributed by atoms with Crippen LogP contribution in [0.2, 0.25) is 10.0 Å². The van der Waals surface area contributed by atoms with Crippen molar-refractivity contribution in [3.05, 3.63) is 49.5 Å². The lowest BCUT2D eigenvalue weighted by Crippen LogP contribution is -2.24. The third-order valence-electron chi connectivity index (χ3n) is 3.22. The van der Waals surface area contributed by atoms with Gasteiger partial charge in [0.15, 0.2) is 11.5 Å². The second-order valence-corrected chi connectivity index (χ2v) is 7.12. The van der Waals surface area contributed by atoms with E-state index in [9.17, 15) is 14.7 Å². The zero-order chi connectivity index (χ0) is 20.0. The van der Waals surface area contributed by atoms with Gasteiger partial charge < -0.3 is 15.2 Å². The maximum Gasteiger partial charge on any atom is 0.249 e. The van der Waals surface area contributed by atoms with Crippen LogP contribution < -0.4 is 15.5 Å². The first kappa shape index (κ1) is 21.3. The molecule has 2 aromatic rings. The highest BCUT2D eigenvalue weighted by Gasteiger charge is 2.12. The topological polar surface area (TPSA) is 100 Å². The Morgan fingerprint density at radius 3 is 2.74 bits per heavy atom. The van der Waals surface area contributed by atoms with Gasteiger partial charge >= 0.3 is 0 Å². The van der Waals surface area contributed by atoms with Crippen LogP contribution in [0.5, 0.6) is 11.5 Å². The van der Waals surface area contributed by atoms with Crippen molar-refractivity contribution in [2.45, 2.75) is 6.42 Å². The molecule has 0 aromatic heterocycles. The number of hydrazone groups is 1. The van der Waals surface area contributed by atoms with Crippen molar-refractivity contribution in [3.63, 3.8) is 0 Å². The van der Waals surface area contributed by atoms with E-state index in [4.69, 9.17) is 27.9 Å². The van der Waals surface area contributed by atoms with Crippen molar-refractivity contribution in [1.29, 1.82) is 0 Å². The number of methoxy groups -OCH3 is 1. The second kappa shape index (κ2) is 9.77. The van der Waals surface area contributed by atoms with Crippen LogP contribution in [0.15, 0.2) is 35.4 Å². The smallest absolute Gasteiger partial charge is 0.249 e. The summed E-state index contributed by atoms with van der Waals surface area (Å²) in [5, 5.41) is 16.6. The minimum atomic E-state index is -0.609. The maximum atomic E-state index is 11.9. The summed E-state index contributed by atoms with van der Waals surface area (Å²) in [6, 6.07) is 7.99. The summed E-state index contributed by atoms with van der Waals surface area (Å²) in [7, 11) is 1.43. The molecule has 0 saturated carbocycles. The van der Waals surface area contributed by atoms with Crippen LogP contribution in [0.4, 0.5) is 5.69 Å². The highest BCUT2D eigenvalue weighted by atomic mass is 127. The summed E-state index contributed by atoms with van der Waals surface area (Å²) in [6.45, 7) is 0. The van der Waals surface area contributed by atoms with Gasteiger partial charge in [0.1, 0.15) is 6.42 Å². The molecule has 3 N–H and O–H groups in total. The molecule has 0 saturated heterocycles. The molecule has 0 fully saturated rings. The number of carbonyl (C=O) groups excluding carboxylic acids is 2. The summed E-state index contributed by atoms with van der Waals surface area (Å²) in [5.74, 6) is -0.863. The van der Waals surface area contributed by atoms with Crippen LogP contribution >= 0.6 is 45.8 Å². The number of hydrogen-bond donors (Lipinski definition) is 3. The largest absolute Gasteiger partial charge is 0.504 e. The van der Waals surface area contributed by atoms with Crippen LogP contribution in [0, 0.1) is 3.57 Å². The molecular formula is C17H14Cl2IN3O4. The Bertz CT molecular complexity index is 906. The average molecular weight is 522 g/mol. The van der Waals surface area contributed by atoms with E-state index in [-0.39, 0.29) is 16.5 Å². The molecule has 0 heterocycles. The van der Waals surface area contributed by atoms with Gasteiger partial charge in [-0.1, -0.05) is 29.3 Å². The molecule has 0 aliphatic heterocycles. The Kier molecular flexibility index (Phi) is 7.69. The van der Waals surface area contributed by atoms with E-state index in [1.54, 1.807) is 30.3 Å². The third kappa shape index (κ3) is 5.98. The number of rotatable bonds is 6. The van der Waals surface area contributed by atoms with Crippen LogP contribution in [-0.2, 0) is 9.59 Å². The number of benzene rings is 2. The first-order chi connectivity index (χ1) is 12.8. The van der Waals surface area contributed by atoms with Gasteiger partial charge in [-0.15, -0.1) is 0 Å². The minimum absolute atomic E-state index is 0.0237. The molecule has 0 radical (unpaired) electrons. The van der Waals surface area contributed by atoms with Crippen LogP contribution in [0.3, 0.4) is 0 Å². The van der Waals surface area contributed by atoms with Gasteiger partial charge in [-0.05, 0) is 52.4 Å². The summed E-state index contributed by atoms with van der Waals surface area (Å²) in [5.41, 5.74) is 3.17. The zero-order valence-corrected chi connectivity index (χ0v) is 17.6. The van der Waals surface area contributed by atoms with Gasteiger partial charge in [-0.3, -0.25) is 9.59 Å². The summed E-state index contributed by atoms with van der Waals surface area (Å²) in [6.07, 6.45) is 0.921. The van der Waals surface area contributed by atoms with Crippen LogP contribution in [-0.4, -0.2) is 30.2 Å². The van der Waals surface area contributed by atoms with Crippen molar-refractivity contribution in [1.82, 2.24) is 5.43 Å². The predicted octanol–water partition coefficient (Wildman–Crippen LogP) is 3.79. The van der Waals surface area contributed by atoms with Crippen molar-refractivity contribution in [2.75, 3.05) is 12.4 Å². The van der Waals surface area contributed by atoms with Crippen LogP contribution in [0.25, 0.3) is 0 Å². The molecule has 0 aliphatic rings. The molecular weight excluding hydrogens is 508 g/mol. The van der Waals surface area contributed by atoms with Gasteiger partial charge in [0.2, 0.25) is 11.8 Å². The highest BCUT2D eigenvalue weighted by Crippen LogP contribution is 2.32. The van der Waals surface area contributed by atoms with E-state index in [2.05, 4.69) is 15.8 Å². The first-order valence-electron chi connectivity index (χ1n) is 7.44.